The fourth-order valence-electron chi connectivity index (χ4n) is 3.88. The molecule has 0 spiro atoms. The fourth-order valence-corrected chi connectivity index (χ4v) is 4.12. The van der Waals surface area contributed by atoms with Crippen LogP contribution in [-0.4, -0.2) is 22.2 Å². The highest BCUT2D eigenvalue weighted by atomic mass is 35.5. The topological polar surface area (TPSA) is 69.6 Å². The third kappa shape index (κ3) is 2.27. The number of fused-ring (bicyclic) bond motifs is 2. The monoisotopic (exact) mass is 295 g/mol. The van der Waals surface area contributed by atoms with Gasteiger partial charge in [0.15, 0.2) is 0 Å². The van der Waals surface area contributed by atoms with Gasteiger partial charge in [0.1, 0.15) is 5.75 Å². The lowest BCUT2D eigenvalue weighted by molar-refractivity contribution is -0.144. The van der Waals surface area contributed by atoms with Crippen molar-refractivity contribution in [1.82, 2.24) is 5.32 Å². The second-order valence-corrected chi connectivity index (χ2v) is 6.25. The van der Waals surface area contributed by atoms with E-state index in [0.29, 0.717) is 29.0 Å². The number of aromatic hydroxyl groups is 1. The Bertz CT molecular complexity index is 514. The van der Waals surface area contributed by atoms with Gasteiger partial charge in [0.05, 0.1) is 5.92 Å². The summed E-state index contributed by atoms with van der Waals surface area (Å²) in [5, 5.41) is 23.1. The number of carboxylic acid groups (broad SMARTS) is 1. The fraction of sp³-hybridized carbons (Fsp3) is 0.533. The SMILES string of the molecule is O=C(O)C1C2CCC(C2)C1NCc1c(O)cccc1Cl. The molecule has 3 N–H and O–H groups in total. The molecule has 2 aliphatic rings. The molecule has 0 saturated heterocycles. The van der Waals surface area contributed by atoms with Gasteiger partial charge in [-0.05, 0) is 43.2 Å². The minimum Gasteiger partial charge on any atom is -0.508 e. The van der Waals surface area contributed by atoms with Crippen molar-refractivity contribution in [3.05, 3.63) is 28.8 Å². The number of nitrogens with one attached hydrogen (secondary N) is 1. The van der Waals surface area contributed by atoms with E-state index in [2.05, 4.69) is 5.32 Å². The number of carbonyl (C=O) groups is 1. The first kappa shape index (κ1) is 13.7. The molecule has 2 fully saturated rings. The molecule has 0 radical (unpaired) electrons. The average Bonchev–Trinajstić information content (AvgIpc) is 2.98. The van der Waals surface area contributed by atoms with Crippen LogP contribution in [0.15, 0.2) is 18.2 Å². The molecule has 20 heavy (non-hydrogen) atoms. The van der Waals surface area contributed by atoms with Crippen molar-refractivity contribution in [2.75, 3.05) is 0 Å². The molecule has 4 unspecified atom stereocenters. The van der Waals surface area contributed by atoms with E-state index >= 15 is 0 Å². The van der Waals surface area contributed by atoms with Gasteiger partial charge in [-0.15, -0.1) is 0 Å². The number of hydrogen-bond acceptors (Lipinski definition) is 3. The van der Waals surface area contributed by atoms with Crippen LogP contribution in [0.4, 0.5) is 0 Å². The van der Waals surface area contributed by atoms with Crippen LogP contribution in [0.5, 0.6) is 5.75 Å². The average molecular weight is 296 g/mol. The summed E-state index contributed by atoms with van der Waals surface area (Å²) in [7, 11) is 0. The second-order valence-electron chi connectivity index (χ2n) is 5.84. The Morgan fingerprint density at radius 2 is 2.10 bits per heavy atom. The lowest BCUT2D eigenvalue weighted by Gasteiger charge is -2.29. The van der Waals surface area contributed by atoms with E-state index < -0.39 is 5.97 Å². The summed E-state index contributed by atoms with van der Waals surface area (Å²) in [5.41, 5.74) is 0.640. The first-order valence-corrected chi connectivity index (χ1v) is 7.38. The zero-order valence-corrected chi connectivity index (χ0v) is 11.8. The van der Waals surface area contributed by atoms with Gasteiger partial charge >= 0.3 is 5.97 Å². The quantitative estimate of drug-likeness (QED) is 0.799. The van der Waals surface area contributed by atoms with Crippen LogP contribution in [-0.2, 0) is 11.3 Å². The van der Waals surface area contributed by atoms with Crippen molar-refractivity contribution in [3.8, 4) is 5.75 Å². The summed E-state index contributed by atoms with van der Waals surface area (Å²) < 4.78 is 0. The number of benzene rings is 1. The lowest BCUT2D eigenvalue weighted by atomic mass is 9.84. The Morgan fingerprint density at radius 1 is 1.35 bits per heavy atom. The highest BCUT2D eigenvalue weighted by Crippen LogP contribution is 2.48. The maximum absolute atomic E-state index is 11.4. The van der Waals surface area contributed by atoms with Gasteiger partial charge in [-0.25, -0.2) is 0 Å². The summed E-state index contributed by atoms with van der Waals surface area (Å²) in [6.07, 6.45) is 3.13. The summed E-state index contributed by atoms with van der Waals surface area (Å²) >= 11 is 6.08. The van der Waals surface area contributed by atoms with E-state index in [1.807, 2.05) is 0 Å². The van der Waals surface area contributed by atoms with E-state index in [4.69, 9.17) is 11.6 Å². The molecule has 1 aromatic rings. The Kier molecular flexibility index (Phi) is 3.61. The molecule has 0 aromatic heterocycles. The van der Waals surface area contributed by atoms with Crippen LogP contribution >= 0.6 is 11.6 Å². The van der Waals surface area contributed by atoms with E-state index in [-0.39, 0.29) is 17.7 Å². The summed E-state index contributed by atoms with van der Waals surface area (Å²) in [5.74, 6) is -0.128. The molecule has 1 aromatic carbocycles. The highest BCUT2D eigenvalue weighted by molar-refractivity contribution is 6.31. The van der Waals surface area contributed by atoms with Gasteiger partial charge in [-0.2, -0.15) is 0 Å². The van der Waals surface area contributed by atoms with Crippen LogP contribution in [0.2, 0.25) is 5.02 Å². The minimum atomic E-state index is -0.710. The standard InChI is InChI=1S/C15H18ClNO3/c16-11-2-1-3-12(18)10(11)7-17-14-9-5-4-8(6-9)13(14)15(19)20/h1-3,8-9,13-14,17-18H,4-7H2,(H,19,20). The second kappa shape index (κ2) is 5.26. The molecule has 5 heteroatoms. The van der Waals surface area contributed by atoms with Crippen molar-refractivity contribution >= 4 is 17.6 Å². The number of phenols is 1. The van der Waals surface area contributed by atoms with Crippen LogP contribution in [0.3, 0.4) is 0 Å². The summed E-state index contributed by atoms with van der Waals surface area (Å²) in [6, 6.07) is 5.01. The van der Waals surface area contributed by atoms with E-state index in [1.165, 1.54) is 0 Å². The molecule has 108 valence electrons. The zero-order valence-electron chi connectivity index (χ0n) is 11.1. The Labute approximate surface area is 122 Å². The third-order valence-electron chi connectivity index (χ3n) is 4.81. The normalized spacial score (nSPS) is 31.6. The number of halogens is 1. The molecule has 0 heterocycles. The predicted molar refractivity (Wildman–Crippen MR) is 75.7 cm³/mol. The number of aliphatic carboxylic acids is 1. The molecular weight excluding hydrogens is 278 g/mol. The van der Waals surface area contributed by atoms with Crippen LogP contribution in [0.25, 0.3) is 0 Å². The van der Waals surface area contributed by atoms with Gasteiger partial charge in [0.25, 0.3) is 0 Å². The van der Waals surface area contributed by atoms with Crippen LogP contribution < -0.4 is 5.32 Å². The smallest absolute Gasteiger partial charge is 0.308 e. The van der Waals surface area contributed by atoms with Crippen LogP contribution in [0.1, 0.15) is 24.8 Å². The molecule has 3 rings (SSSR count). The molecule has 0 aliphatic heterocycles. The van der Waals surface area contributed by atoms with Crippen molar-refractivity contribution in [2.45, 2.75) is 31.8 Å². The van der Waals surface area contributed by atoms with Crippen molar-refractivity contribution in [3.63, 3.8) is 0 Å². The first-order valence-electron chi connectivity index (χ1n) is 7.00. The molecule has 2 saturated carbocycles. The van der Waals surface area contributed by atoms with Crippen LogP contribution in [0, 0.1) is 17.8 Å². The van der Waals surface area contributed by atoms with Crippen molar-refractivity contribution in [1.29, 1.82) is 0 Å². The number of phenolic OH excluding ortho intramolecular Hbond substituents is 1. The molecule has 2 bridgehead atoms. The van der Waals surface area contributed by atoms with Gasteiger partial charge in [-0.3, -0.25) is 4.79 Å². The molecular formula is C15H18ClNO3. The zero-order chi connectivity index (χ0) is 14.3. The summed E-state index contributed by atoms with van der Waals surface area (Å²) in [4.78, 5) is 11.4. The first-order chi connectivity index (χ1) is 9.58. The highest BCUT2D eigenvalue weighted by Gasteiger charge is 2.50. The van der Waals surface area contributed by atoms with Gasteiger partial charge < -0.3 is 15.5 Å². The van der Waals surface area contributed by atoms with E-state index in [1.54, 1.807) is 18.2 Å². The predicted octanol–water partition coefficient (Wildman–Crippen LogP) is 2.63. The lowest BCUT2D eigenvalue weighted by Crippen LogP contribution is -2.43. The number of carboxylic acids is 1. The molecule has 2 aliphatic carbocycles. The van der Waals surface area contributed by atoms with Crippen molar-refractivity contribution < 1.29 is 15.0 Å². The third-order valence-corrected chi connectivity index (χ3v) is 5.16. The Morgan fingerprint density at radius 3 is 2.80 bits per heavy atom. The van der Waals surface area contributed by atoms with Crippen molar-refractivity contribution in [2.24, 2.45) is 17.8 Å². The Hall–Kier alpha value is -1.26. The van der Waals surface area contributed by atoms with E-state index in [9.17, 15) is 15.0 Å². The van der Waals surface area contributed by atoms with Gasteiger partial charge in [0, 0.05) is 23.2 Å². The molecule has 0 amide bonds. The van der Waals surface area contributed by atoms with Gasteiger partial charge in [-0.1, -0.05) is 17.7 Å². The van der Waals surface area contributed by atoms with E-state index in [0.717, 1.165) is 19.3 Å². The molecule has 4 nitrogen and oxygen atoms in total. The number of rotatable bonds is 4. The molecule has 4 atom stereocenters. The number of hydrogen-bond donors (Lipinski definition) is 3. The maximum Gasteiger partial charge on any atom is 0.308 e. The largest absolute Gasteiger partial charge is 0.508 e. The maximum atomic E-state index is 11.4. The Balaban J connectivity index is 1.73. The minimum absolute atomic E-state index is 0.0121. The van der Waals surface area contributed by atoms with Gasteiger partial charge in [0.2, 0.25) is 0 Å². The summed E-state index contributed by atoms with van der Waals surface area (Å²) in [6.45, 7) is 0.406.